The minimum Gasteiger partial charge on any atom is -0.384 e. The number of carbonyl (C=O) groups excluding carboxylic acids is 1. The summed E-state index contributed by atoms with van der Waals surface area (Å²) in [5.41, 5.74) is 0.437. The van der Waals surface area contributed by atoms with Crippen LogP contribution in [0.4, 0.5) is 4.39 Å². The Morgan fingerprint density at radius 2 is 2.28 bits per heavy atom. The van der Waals surface area contributed by atoms with E-state index in [4.69, 9.17) is 5.11 Å². The number of benzene rings is 1. The van der Waals surface area contributed by atoms with E-state index >= 15 is 0 Å². The third kappa shape index (κ3) is 3.86. The van der Waals surface area contributed by atoms with Crippen LogP contribution in [0.25, 0.3) is 0 Å². The molecule has 0 radical (unpaired) electrons. The van der Waals surface area contributed by atoms with Crippen molar-refractivity contribution in [3.63, 3.8) is 0 Å². The molecule has 0 aliphatic heterocycles. The van der Waals surface area contributed by atoms with Crippen molar-refractivity contribution in [3.05, 3.63) is 35.1 Å². The van der Waals surface area contributed by atoms with Gasteiger partial charge in [0.25, 0.3) is 5.91 Å². The van der Waals surface area contributed by atoms with E-state index in [1.807, 2.05) is 13.8 Å². The standard InChI is InChI=1S/C14H16FNO2/c1-3-10(2)16-14(18)12-7-6-11(5-4-8-17)9-13(12)15/h6-7,9-10,17H,3,8H2,1-2H3,(H,16,18). The van der Waals surface area contributed by atoms with Crippen molar-refractivity contribution in [1.82, 2.24) is 5.32 Å². The van der Waals surface area contributed by atoms with Gasteiger partial charge < -0.3 is 10.4 Å². The topological polar surface area (TPSA) is 49.3 Å². The van der Waals surface area contributed by atoms with Gasteiger partial charge >= 0.3 is 0 Å². The van der Waals surface area contributed by atoms with Crippen LogP contribution in [0.1, 0.15) is 36.2 Å². The summed E-state index contributed by atoms with van der Waals surface area (Å²) in [7, 11) is 0. The van der Waals surface area contributed by atoms with Crippen LogP contribution in [0.2, 0.25) is 0 Å². The van der Waals surface area contributed by atoms with Crippen LogP contribution in [-0.4, -0.2) is 23.7 Å². The van der Waals surface area contributed by atoms with Gasteiger partial charge in [-0.1, -0.05) is 18.8 Å². The van der Waals surface area contributed by atoms with E-state index in [1.54, 1.807) is 6.07 Å². The first kappa shape index (κ1) is 14.2. The molecule has 0 heterocycles. The van der Waals surface area contributed by atoms with Crippen molar-refractivity contribution in [2.75, 3.05) is 6.61 Å². The Kier molecular flexibility index (Phi) is 5.34. The maximum absolute atomic E-state index is 13.7. The fourth-order valence-corrected chi connectivity index (χ4v) is 1.32. The molecule has 1 amide bonds. The van der Waals surface area contributed by atoms with E-state index in [9.17, 15) is 9.18 Å². The molecule has 0 saturated carbocycles. The van der Waals surface area contributed by atoms with Gasteiger partial charge in [0.2, 0.25) is 0 Å². The molecule has 1 atom stereocenters. The number of amides is 1. The van der Waals surface area contributed by atoms with E-state index < -0.39 is 11.7 Å². The molecule has 1 rings (SSSR count). The summed E-state index contributed by atoms with van der Waals surface area (Å²) >= 11 is 0. The van der Waals surface area contributed by atoms with Crippen LogP contribution in [0, 0.1) is 17.7 Å². The summed E-state index contributed by atoms with van der Waals surface area (Å²) < 4.78 is 13.7. The highest BCUT2D eigenvalue weighted by Gasteiger charge is 2.13. The van der Waals surface area contributed by atoms with E-state index in [0.717, 1.165) is 6.42 Å². The number of rotatable bonds is 3. The molecule has 0 bridgehead atoms. The van der Waals surface area contributed by atoms with Crippen LogP contribution in [0.15, 0.2) is 18.2 Å². The second kappa shape index (κ2) is 6.77. The van der Waals surface area contributed by atoms with Crippen LogP contribution in [-0.2, 0) is 0 Å². The predicted molar refractivity (Wildman–Crippen MR) is 67.6 cm³/mol. The van der Waals surface area contributed by atoms with Crippen molar-refractivity contribution in [3.8, 4) is 11.8 Å². The van der Waals surface area contributed by atoms with Gasteiger partial charge in [0.15, 0.2) is 0 Å². The highest BCUT2D eigenvalue weighted by Crippen LogP contribution is 2.10. The molecule has 0 spiro atoms. The summed E-state index contributed by atoms with van der Waals surface area (Å²) in [5, 5.41) is 11.2. The smallest absolute Gasteiger partial charge is 0.254 e. The van der Waals surface area contributed by atoms with E-state index in [0.29, 0.717) is 5.56 Å². The SMILES string of the molecule is CCC(C)NC(=O)c1ccc(C#CCO)cc1F. The van der Waals surface area contributed by atoms with Gasteiger partial charge in [0.05, 0.1) is 5.56 Å². The number of aliphatic hydroxyl groups excluding tert-OH is 1. The second-order valence-electron chi connectivity index (χ2n) is 3.94. The molecular weight excluding hydrogens is 233 g/mol. The third-order valence-corrected chi connectivity index (χ3v) is 2.52. The molecule has 0 aromatic heterocycles. The van der Waals surface area contributed by atoms with Gasteiger partial charge in [0.1, 0.15) is 12.4 Å². The second-order valence-corrected chi connectivity index (χ2v) is 3.94. The summed E-state index contributed by atoms with van der Waals surface area (Å²) in [6.07, 6.45) is 0.785. The van der Waals surface area contributed by atoms with Gasteiger partial charge in [-0.3, -0.25) is 4.79 Å². The van der Waals surface area contributed by atoms with E-state index in [-0.39, 0.29) is 18.2 Å². The number of halogens is 1. The fraction of sp³-hybridized carbons (Fsp3) is 0.357. The van der Waals surface area contributed by atoms with Gasteiger partial charge in [-0.05, 0) is 31.5 Å². The molecule has 1 aromatic rings. The average Bonchev–Trinajstić information content (AvgIpc) is 2.36. The van der Waals surface area contributed by atoms with Crippen LogP contribution in [0.3, 0.4) is 0 Å². The van der Waals surface area contributed by atoms with Crippen molar-refractivity contribution in [2.24, 2.45) is 0 Å². The van der Waals surface area contributed by atoms with Gasteiger partial charge in [-0.15, -0.1) is 0 Å². The van der Waals surface area contributed by atoms with Crippen molar-refractivity contribution < 1.29 is 14.3 Å². The van der Waals surface area contributed by atoms with E-state index in [2.05, 4.69) is 17.2 Å². The van der Waals surface area contributed by atoms with Crippen molar-refractivity contribution in [2.45, 2.75) is 26.3 Å². The third-order valence-electron chi connectivity index (χ3n) is 2.52. The van der Waals surface area contributed by atoms with Gasteiger partial charge in [0, 0.05) is 11.6 Å². The highest BCUT2D eigenvalue weighted by atomic mass is 19.1. The van der Waals surface area contributed by atoms with Crippen LogP contribution < -0.4 is 5.32 Å². The largest absolute Gasteiger partial charge is 0.384 e. The van der Waals surface area contributed by atoms with E-state index in [1.165, 1.54) is 12.1 Å². The Bertz CT molecular complexity index is 488. The predicted octanol–water partition coefficient (Wildman–Crippen LogP) is 1.70. The maximum Gasteiger partial charge on any atom is 0.254 e. The van der Waals surface area contributed by atoms with Crippen molar-refractivity contribution >= 4 is 5.91 Å². The molecule has 0 aliphatic carbocycles. The lowest BCUT2D eigenvalue weighted by Crippen LogP contribution is -2.32. The number of hydrogen-bond acceptors (Lipinski definition) is 2. The number of nitrogens with one attached hydrogen (secondary N) is 1. The molecule has 1 unspecified atom stereocenters. The zero-order valence-corrected chi connectivity index (χ0v) is 10.5. The lowest BCUT2D eigenvalue weighted by molar-refractivity contribution is 0.0935. The monoisotopic (exact) mass is 249 g/mol. The summed E-state index contributed by atoms with van der Waals surface area (Å²) in [5.74, 6) is 3.96. The molecule has 0 fully saturated rings. The molecule has 18 heavy (non-hydrogen) atoms. The lowest BCUT2D eigenvalue weighted by atomic mass is 10.1. The highest BCUT2D eigenvalue weighted by molar-refractivity contribution is 5.94. The Morgan fingerprint density at radius 3 is 2.83 bits per heavy atom. The Hall–Kier alpha value is -1.86. The molecule has 96 valence electrons. The zero-order chi connectivity index (χ0) is 13.5. The Labute approximate surface area is 106 Å². The molecule has 3 nitrogen and oxygen atoms in total. The quantitative estimate of drug-likeness (QED) is 0.801. The number of carbonyl (C=O) groups is 1. The first-order chi connectivity index (χ1) is 8.58. The summed E-state index contributed by atoms with van der Waals surface area (Å²) in [6, 6.07) is 4.14. The summed E-state index contributed by atoms with van der Waals surface area (Å²) in [4.78, 5) is 11.7. The lowest BCUT2D eigenvalue weighted by Gasteiger charge is -2.11. The van der Waals surface area contributed by atoms with Crippen molar-refractivity contribution in [1.29, 1.82) is 0 Å². The first-order valence-corrected chi connectivity index (χ1v) is 5.78. The Morgan fingerprint density at radius 1 is 1.56 bits per heavy atom. The van der Waals surface area contributed by atoms with Gasteiger partial charge in [-0.25, -0.2) is 4.39 Å². The maximum atomic E-state index is 13.7. The van der Waals surface area contributed by atoms with Crippen LogP contribution in [0.5, 0.6) is 0 Å². The van der Waals surface area contributed by atoms with Crippen LogP contribution >= 0.6 is 0 Å². The molecule has 4 heteroatoms. The molecule has 0 saturated heterocycles. The summed E-state index contributed by atoms with van der Waals surface area (Å²) in [6.45, 7) is 3.52. The molecule has 2 N–H and O–H groups in total. The minimum absolute atomic E-state index is 0.00449. The zero-order valence-electron chi connectivity index (χ0n) is 10.5. The number of hydrogen-bond donors (Lipinski definition) is 2. The molecular formula is C14H16FNO2. The molecule has 0 aliphatic rings. The Balaban J connectivity index is 2.88. The fourth-order valence-electron chi connectivity index (χ4n) is 1.32. The minimum atomic E-state index is -0.611. The first-order valence-electron chi connectivity index (χ1n) is 5.78. The normalized spacial score (nSPS) is 11.3. The average molecular weight is 249 g/mol. The van der Waals surface area contributed by atoms with Gasteiger partial charge in [-0.2, -0.15) is 0 Å². The molecule has 1 aromatic carbocycles. The number of aliphatic hydroxyl groups is 1.